The van der Waals surface area contributed by atoms with Crippen molar-refractivity contribution in [3.05, 3.63) is 35.9 Å². The minimum Gasteiger partial charge on any atom is -0.299 e. The van der Waals surface area contributed by atoms with Gasteiger partial charge in [-0.25, -0.2) is 13.1 Å². The number of sulfonamides is 1. The average Bonchev–Trinajstić information content (AvgIpc) is 2.41. The third kappa shape index (κ3) is 5.58. The Labute approximate surface area is 121 Å². The smallest absolute Gasteiger partial charge is 0.208 e. The number of rotatable bonds is 6. The van der Waals surface area contributed by atoms with Gasteiger partial charge in [-0.05, 0) is 5.56 Å². The predicted molar refractivity (Wildman–Crippen MR) is 81.0 cm³/mol. The average molecular weight is 297 g/mol. The van der Waals surface area contributed by atoms with Crippen molar-refractivity contribution >= 4 is 10.0 Å². The molecule has 20 heavy (non-hydrogen) atoms. The van der Waals surface area contributed by atoms with Gasteiger partial charge < -0.3 is 0 Å². The third-order valence-electron chi connectivity index (χ3n) is 3.51. The van der Waals surface area contributed by atoms with Gasteiger partial charge >= 0.3 is 0 Å². The van der Waals surface area contributed by atoms with E-state index in [2.05, 4.69) is 38.8 Å². The van der Waals surface area contributed by atoms with Gasteiger partial charge in [-0.2, -0.15) is 0 Å². The van der Waals surface area contributed by atoms with Crippen molar-refractivity contribution in [2.75, 3.05) is 45.5 Å². The molecule has 1 aliphatic rings. The Hall–Kier alpha value is -0.950. The van der Waals surface area contributed by atoms with Gasteiger partial charge in [0.2, 0.25) is 10.0 Å². The van der Waals surface area contributed by atoms with E-state index in [1.165, 1.54) is 11.8 Å². The first-order valence-electron chi connectivity index (χ1n) is 6.96. The maximum absolute atomic E-state index is 11.0. The molecule has 0 radical (unpaired) electrons. The van der Waals surface area contributed by atoms with Gasteiger partial charge in [0.25, 0.3) is 0 Å². The molecule has 0 bridgehead atoms. The van der Waals surface area contributed by atoms with Crippen LogP contribution < -0.4 is 4.72 Å². The molecule has 0 unspecified atom stereocenters. The van der Waals surface area contributed by atoms with Crippen LogP contribution in [0.2, 0.25) is 0 Å². The van der Waals surface area contributed by atoms with Crippen molar-refractivity contribution in [2.45, 2.75) is 6.54 Å². The molecular formula is C14H23N3O2S. The Morgan fingerprint density at radius 2 is 1.65 bits per heavy atom. The fourth-order valence-corrected chi connectivity index (χ4v) is 2.86. The summed E-state index contributed by atoms with van der Waals surface area (Å²) < 4.78 is 24.5. The monoisotopic (exact) mass is 297 g/mol. The summed E-state index contributed by atoms with van der Waals surface area (Å²) in [6, 6.07) is 10.5. The second kappa shape index (κ2) is 7.17. The molecule has 112 valence electrons. The van der Waals surface area contributed by atoms with E-state index in [4.69, 9.17) is 0 Å². The summed E-state index contributed by atoms with van der Waals surface area (Å²) in [6.45, 7) is 6.35. The fraction of sp³-hybridized carbons (Fsp3) is 0.571. The molecule has 1 aromatic carbocycles. The van der Waals surface area contributed by atoms with E-state index in [-0.39, 0.29) is 0 Å². The summed E-state index contributed by atoms with van der Waals surface area (Å²) in [6.07, 6.45) is 1.20. The highest BCUT2D eigenvalue weighted by Gasteiger charge is 2.16. The van der Waals surface area contributed by atoms with Crippen molar-refractivity contribution in [1.82, 2.24) is 14.5 Å². The van der Waals surface area contributed by atoms with Crippen molar-refractivity contribution in [1.29, 1.82) is 0 Å². The lowest BCUT2D eigenvalue weighted by Gasteiger charge is -2.34. The van der Waals surface area contributed by atoms with Crippen LogP contribution in [0.15, 0.2) is 30.3 Å². The topological polar surface area (TPSA) is 52.7 Å². The SMILES string of the molecule is CS(=O)(=O)NCCN1CCN(Cc2ccccc2)CC1. The first-order valence-corrected chi connectivity index (χ1v) is 8.85. The highest BCUT2D eigenvalue weighted by molar-refractivity contribution is 7.88. The maximum atomic E-state index is 11.0. The van der Waals surface area contributed by atoms with E-state index in [0.29, 0.717) is 6.54 Å². The van der Waals surface area contributed by atoms with Crippen LogP contribution in [0.25, 0.3) is 0 Å². The lowest BCUT2D eigenvalue weighted by Crippen LogP contribution is -2.47. The van der Waals surface area contributed by atoms with Gasteiger partial charge in [0.1, 0.15) is 0 Å². The number of piperazine rings is 1. The van der Waals surface area contributed by atoms with Crippen LogP contribution >= 0.6 is 0 Å². The summed E-state index contributed by atoms with van der Waals surface area (Å²) in [5, 5.41) is 0. The summed E-state index contributed by atoms with van der Waals surface area (Å²) in [4.78, 5) is 4.75. The normalized spacial score (nSPS) is 18.2. The number of nitrogens with one attached hydrogen (secondary N) is 1. The Morgan fingerprint density at radius 1 is 1.05 bits per heavy atom. The molecule has 2 rings (SSSR count). The molecule has 1 N–H and O–H groups in total. The highest BCUT2D eigenvalue weighted by atomic mass is 32.2. The van der Waals surface area contributed by atoms with E-state index >= 15 is 0 Å². The fourth-order valence-electron chi connectivity index (χ4n) is 2.40. The van der Waals surface area contributed by atoms with E-state index in [0.717, 1.165) is 39.3 Å². The van der Waals surface area contributed by atoms with Crippen LogP contribution in [0.3, 0.4) is 0 Å². The summed E-state index contributed by atoms with van der Waals surface area (Å²) >= 11 is 0. The van der Waals surface area contributed by atoms with Gasteiger partial charge in [0.15, 0.2) is 0 Å². The summed E-state index contributed by atoms with van der Waals surface area (Å²) in [5.74, 6) is 0. The van der Waals surface area contributed by atoms with E-state index in [1.54, 1.807) is 0 Å². The molecule has 1 saturated heterocycles. The molecule has 0 atom stereocenters. The molecular weight excluding hydrogens is 274 g/mol. The van der Waals surface area contributed by atoms with Crippen molar-refractivity contribution in [3.63, 3.8) is 0 Å². The molecule has 1 heterocycles. The molecule has 1 aliphatic heterocycles. The standard InChI is InChI=1S/C14H23N3O2S/c1-20(18,19)15-7-8-16-9-11-17(12-10-16)13-14-5-3-2-4-6-14/h2-6,15H,7-13H2,1H3. The zero-order valence-corrected chi connectivity index (χ0v) is 12.8. The quantitative estimate of drug-likeness (QED) is 0.823. The Bertz CT molecular complexity index is 496. The van der Waals surface area contributed by atoms with E-state index in [1.807, 2.05) is 6.07 Å². The second-order valence-corrected chi connectivity index (χ2v) is 7.10. The number of hydrogen-bond acceptors (Lipinski definition) is 4. The van der Waals surface area contributed by atoms with Crippen molar-refractivity contribution in [2.24, 2.45) is 0 Å². The minimum atomic E-state index is -3.06. The molecule has 0 aliphatic carbocycles. The van der Waals surface area contributed by atoms with Gasteiger partial charge in [-0.1, -0.05) is 30.3 Å². The maximum Gasteiger partial charge on any atom is 0.208 e. The van der Waals surface area contributed by atoms with Gasteiger partial charge in [-0.15, -0.1) is 0 Å². The third-order valence-corrected chi connectivity index (χ3v) is 4.23. The second-order valence-electron chi connectivity index (χ2n) is 5.27. The molecule has 1 aromatic rings. The van der Waals surface area contributed by atoms with Crippen LogP contribution in [-0.2, 0) is 16.6 Å². The van der Waals surface area contributed by atoms with Crippen LogP contribution in [0.5, 0.6) is 0 Å². The summed E-state index contributed by atoms with van der Waals surface area (Å²) in [5.41, 5.74) is 1.35. The first-order chi connectivity index (χ1) is 9.53. The number of hydrogen-bond donors (Lipinski definition) is 1. The Balaban J connectivity index is 1.67. The Kier molecular flexibility index (Phi) is 5.54. The Morgan fingerprint density at radius 3 is 2.25 bits per heavy atom. The van der Waals surface area contributed by atoms with Gasteiger partial charge in [0.05, 0.1) is 6.26 Å². The molecule has 0 spiro atoms. The molecule has 5 nitrogen and oxygen atoms in total. The molecule has 0 saturated carbocycles. The van der Waals surface area contributed by atoms with Crippen LogP contribution in [0.1, 0.15) is 5.56 Å². The van der Waals surface area contributed by atoms with Gasteiger partial charge in [0, 0.05) is 45.8 Å². The largest absolute Gasteiger partial charge is 0.299 e. The number of nitrogens with zero attached hydrogens (tertiary/aromatic N) is 2. The van der Waals surface area contributed by atoms with Crippen molar-refractivity contribution in [3.8, 4) is 0 Å². The van der Waals surface area contributed by atoms with Crippen LogP contribution in [0.4, 0.5) is 0 Å². The molecule has 1 fully saturated rings. The zero-order chi connectivity index (χ0) is 14.4. The molecule has 0 amide bonds. The predicted octanol–water partition coefficient (Wildman–Crippen LogP) is 0.353. The number of benzene rings is 1. The van der Waals surface area contributed by atoms with Crippen LogP contribution in [0, 0.1) is 0 Å². The van der Waals surface area contributed by atoms with E-state index in [9.17, 15) is 8.42 Å². The first kappa shape index (κ1) is 15.4. The summed E-state index contributed by atoms with van der Waals surface area (Å²) in [7, 11) is -3.06. The lowest BCUT2D eigenvalue weighted by molar-refractivity contribution is 0.129. The zero-order valence-electron chi connectivity index (χ0n) is 12.0. The van der Waals surface area contributed by atoms with Crippen LogP contribution in [-0.4, -0.2) is 63.7 Å². The highest BCUT2D eigenvalue weighted by Crippen LogP contribution is 2.07. The minimum absolute atomic E-state index is 0.498. The molecule has 0 aromatic heterocycles. The molecule has 6 heteroatoms. The van der Waals surface area contributed by atoms with Gasteiger partial charge in [-0.3, -0.25) is 9.80 Å². The van der Waals surface area contributed by atoms with Crippen molar-refractivity contribution < 1.29 is 8.42 Å². The lowest BCUT2D eigenvalue weighted by atomic mass is 10.2. The van der Waals surface area contributed by atoms with E-state index < -0.39 is 10.0 Å².